The van der Waals surface area contributed by atoms with E-state index in [1.54, 1.807) is 25.3 Å². The van der Waals surface area contributed by atoms with Gasteiger partial charge in [-0.15, -0.1) is 0 Å². The number of carbonyl (C=O) groups excluding carboxylic acids is 2. The molecule has 5 nitrogen and oxygen atoms in total. The maximum absolute atomic E-state index is 12.1. The van der Waals surface area contributed by atoms with Gasteiger partial charge in [-0.25, -0.2) is 0 Å². The number of phenols is 1. The number of aromatic hydroxyl groups is 1. The van der Waals surface area contributed by atoms with Crippen molar-refractivity contribution in [3.05, 3.63) is 47.6 Å². The molecule has 0 spiro atoms. The summed E-state index contributed by atoms with van der Waals surface area (Å²) >= 11 is 0. The lowest BCUT2D eigenvalue weighted by molar-refractivity contribution is -0.113. The van der Waals surface area contributed by atoms with Crippen LogP contribution >= 0.6 is 0 Å². The normalized spacial score (nSPS) is 14.0. The number of ether oxygens (including phenoxy) is 2. The molecule has 0 aliphatic heterocycles. The summed E-state index contributed by atoms with van der Waals surface area (Å²) in [7, 11) is 3.06. The first kappa shape index (κ1) is 15.8. The zero-order chi connectivity index (χ0) is 17.4. The molecule has 0 aromatic heterocycles. The number of aryl methyl sites for hydroxylation is 1. The monoisotopic (exact) mass is 324 g/mol. The summed E-state index contributed by atoms with van der Waals surface area (Å²) in [5.41, 5.74) is 1.30. The number of hydrogen-bond donors (Lipinski definition) is 1. The second kappa shape index (κ2) is 5.85. The Labute approximate surface area is 138 Å². The highest BCUT2D eigenvalue weighted by molar-refractivity contribution is 6.34. The first-order valence-corrected chi connectivity index (χ1v) is 7.33. The molecular formula is C19H16O5. The second-order valence-corrected chi connectivity index (χ2v) is 5.47. The maximum atomic E-state index is 12.1. The van der Waals surface area contributed by atoms with Crippen molar-refractivity contribution < 1.29 is 24.2 Å². The first-order chi connectivity index (χ1) is 11.5. The standard InChI is InChI=1S/C19H16O5/c1-10-8-16(23-2)17-13(19(10)24-3)6-5-12(18(17)22)14-9-11(20)4-7-15(14)21/h4-9,22H,1-3H3. The second-order valence-electron chi connectivity index (χ2n) is 5.47. The maximum Gasteiger partial charge on any atom is 0.186 e. The number of benzene rings is 2. The highest BCUT2D eigenvalue weighted by Gasteiger charge is 2.22. The predicted molar refractivity (Wildman–Crippen MR) is 90.6 cm³/mol. The molecule has 0 amide bonds. The van der Waals surface area contributed by atoms with Crippen molar-refractivity contribution in [2.45, 2.75) is 6.92 Å². The van der Waals surface area contributed by atoms with Gasteiger partial charge in [0.05, 0.1) is 19.6 Å². The Bertz CT molecular complexity index is 935. The smallest absolute Gasteiger partial charge is 0.186 e. The fraction of sp³-hybridized carbons (Fsp3) is 0.158. The van der Waals surface area contributed by atoms with Gasteiger partial charge in [-0.2, -0.15) is 0 Å². The molecule has 0 saturated heterocycles. The predicted octanol–water partition coefficient (Wildman–Crippen LogP) is 2.96. The van der Waals surface area contributed by atoms with E-state index in [2.05, 4.69) is 0 Å². The van der Waals surface area contributed by atoms with E-state index in [-0.39, 0.29) is 28.5 Å². The minimum atomic E-state index is -0.331. The Morgan fingerprint density at radius 1 is 1.04 bits per heavy atom. The largest absolute Gasteiger partial charge is 0.507 e. The summed E-state index contributed by atoms with van der Waals surface area (Å²) < 4.78 is 10.8. The van der Waals surface area contributed by atoms with Crippen molar-refractivity contribution in [3.63, 3.8) is 0 Å². The minimum Gasteiger partial charge on any atom is -0.507 e. The molecule has 0 heterocycles. The van der Waals surface area contributed by atoms with Crippen LogP contribution in [0.1, 0.15) is 11.1 Å². The third-order valence-corrected chi connectivity index (χ3v) is 4.04. The van der Waals surface area contributed by atoms with Gasteiger partial charge in [-0.3, -0.25) is 9.59 Å². The number of carbonyl (C=O) groups is 2. The Morgan fingerprint density at radius 2 is 1.79 bits per heavy atom. The quantitative estimate of drug-likeness (QED) is 0.879. The number of rotatable bonds is 3. The third kappa shape index (κ3) is 2.34. The summed E-state index contributed by atoms with van der Waals surface area (Å²) in [6, 6.07) is 5.11. The van der Waals surface area contributed by atoms with Gasteiger partial charge < -0.3 is 14.6 Å². The van der Waals surface area contributed by atoms with Gasteiger partial charge in [0.15, 0.2) is 11.6 Å². The van der Waals surface area contributed by atoms with Gasteiger partial charge in [0.25, 0.3) is 0 Å². The lowest BCUT2D eigenvalue weighted by atomic mass is 9.92. The SMILES string of the molecule is COc1c(C)cc(OC)c2c(O)c(C3=CC(=O)C=CC3=O)ccc12. The van der Waals surface area contributed by atoms with E-state index in [0.29, 0.717) is 22.3 Å². The lowest BCUT2D eigenvalue weighted by Gasteiger charge is -2.17. The highest BCUT2D eigenvalue weighted by Crippen LogP contribution is 2.44. The van der Waals surface area contributed by atoms with Crippen LogP contribution in [-0.4, -0.2) is 30.9 Å². The van der Waals surface area contributed by atoms with Gasteiger partial charge in [-0.1, -0.05) is 0 Å². The molecule has 2 aromatic rings. The molecule has 1 aliphatic carbocycles. The van der Waals surface area contributed by atoms with Crippen molar-refractivity contribution in [1.29, 1.82) is 0 Å². The van der Waals surface area contributed by atoms with Crippen molar-refractivity contribution in [3.8, 4) is 17.2 Å². The number of phenolic OH excluding ortho intramolecular Hbond substituents is 1. The molecule has 2 aromatic carbocycles. The number of ketones is 2. The first-order valence-electron chi connectivity index (χ1n) is 7.33. The zero-order valence-electron chi connectivity index (χ0n) is 13.5. The van der Waals surface area contributed by atoms with E-state index < -0.39 is 0 Å². The van der Waals surface area contributed by atoms with E-state index in [1.165, 1.54) is 25.3 Å². The summed E-state index contributed by atoms with van der Waals surface area (Å²) in [6.07, 6.45) is 3.63. The van der Waals surface area contributed by atoms with E-state index in [9.17, 15) is 14.7 Å². The molecule has 0 radical (unpaired) electrons. The van der Waals surface area contributed by atoms with Crippen LogP contribution in [0.4, 0.5) is 0 Å². The fourth-order valence-corrected chi connectivity index (χ4v) is 2.95. The summed E-state index contributed by atoms with van der Waals surface area (Å²) in [6.45, 7) is 1.88. The Morgan fingerprint density at radius 3 is 2.46 bits per heavy atom. The van der Waals surface area contributed by atoms with Crippen LogP contribution < -0.4 is 9.47 Å². The number of methoxy groups -OCH3 is 2. The van der Waals surface area contributed by atoms with Gasteiger partial charge in [-0.05, 0) is 48.9 Å². The van der Waals surface area contributed by atoms with Crippen LogP contribution in [0, 0.1) is 6.92 Å². The zero-order valence-corrected chi connectivity index (χ0v) is 13.5. The van der Waals surface area contributed by atoms with Crippen molar-refractivity contribution in [2.75, 3.05) is 14.2 Å². The summed E-state index contributed by atoms with van der Waals surface area (Å²) in [5.74, 6) is 0.339. The molecule has 1 N–H and O–H groups in total. The van der Waals surface area contributed by atoms with Gasteiger partial charge in [0, 0.05) is 16.5 Å². The molecule has 5 heteroatoms. The number of fused-ring (bicyclic) bond motifs is 1. The Hall–Kier alpha value is -3.08. The molecular weight excluding hydrogens is 308 g/mol. The fourth-order valence-electron chi connectivity index (χ4n) is 2.95. The molecule has 0 fully saturated rings. The van der Waals surface area contributed by atoms with Crippen LogP contribution in [0.15, 0.2) is 36.4 Å². The van der Waals surface area contributed by atoms with Crippen LogP contribution in [0.2, 0.25) is 0 Å². The van der Waals surface area contributed by atoms with Gasteiger partial charge in [0.2, 0.25) is 0 Å². The summed E-state index contributed by atoms with van der Waals surface area (Å²) in [5, 5.41) is 11.9. The van der Waals surface area contributed by atoms with E-state index >= 15 is 0 Å². The minimum absolute atomic E-state index is 0.120. The molecule has 1 aliphatic rings. The van der Waals surface area contributed by atoms with E-state index in [4.69, 9.17) is 9.47 Å². The molecule has 3 rings (SSSR count). The van der Waals surface area contributed by atoms with E-state index in [1.807, 2.05) is 6.92 Å². The Kier molecular flexibility index (Phi) is 3.85. The average Bonchev–Trinajstić information content (AvgIpc) is 2.57. The molecule has 24 heavy (non-hydrogen) atoms. The Balaban J connectivity index is 2.35. The number of hydrogen-bond acceptors (Lipinski definition) is 5. The van der Waals surface area contributed by atoms with Crippen LogP contribution in [0.25, 0.3) is 16.3 Å². The summed E-state index contributed by atoms with van der Waals surface area (Å²) in [4.78, 5) is 23.7. The molecule has 0 atom stereocenters. The van der Waals surface area contributed by atoms with E-state index in [0.717, 1.165) is 5.56 Å². The van der Waals surface area contributed by atoms with Crippen molar-refractivity contribution in [2.24, 2.45) is 0 Å². The van der Waals surface area contributed by atoms with Crippen molar-refractivity contribution in [1.82, 2.24) is 0 Å². The van der Waals surface area contributed by atoms with Crippen LogP contribution in [-0.2, 0) is 9.59 Å². The topological polar surface area (TPSA) is 72.8 Å². The van der Waals surface area contributed by atoms with Crippen LogP contribution in [0.3, 0.4) is 0 Å². The lowest BCUT2D eigenvalue weighted by Crippen LogP contribution is -2.07. The number of allylic oxidation sites excluding steroid dienone is 4. The average molecular weight is 324 g/mol. The van der Waals surface area contributed by atoms with Crippen LogP contribution in [0.5, 0.6) is 17.2 Å². The molecule has 122 valence electrons. The third-order valence-electron chi connectivity index (χ3n) is 4.04. The molecule has 0 saturated carbocycles. The molecule has 0 unspecified atom stereocenters. The van der Waals surface area contributed by atoms with Gasteiger partial charge in [0.1, 0.15) is 17.2 Å². The molecule has 0 bridgehead atoms. The highest BCUT2D eigenvalue weighted by atomic mass is 16.5. The van der Waals surface area contributed by atoms with Gasteiger partial charge >= 0.3 is 0 Å². The van der Waals surface area contributed by atoms with Crippen molar-refractivity contribution >= 4 is 27.9 Å².